The number of benzene rings is 1. The van der Waals surface area contributed by atoms with Crippen molar-refractivity contribution in [1.82, 2.24) is 10.2 Å². The zero-order chi connectivity index (χ0) is 16.8. The third-order valence-corrected chi connectivity index (χ3v) is 3.05. The second-order valence-corrected chi connectivity index (χ2v) is 4.98. The Morgan fingerprint density at radius 2 is 1.74 bits per heavy atom. The summed E-state index contributed by atoms with van der Waals surface area (Å²) in [6, 6.07) is 9.50. The first-order valence-electron chi connectivity index (χ1n) is 6.90. The number of nitrogens with one attached hydrogen (secondary N) is 2. The van der Waals surface area contributed by atoms with Crippen LogP contribution in [-0.4, -0.2) is 43.3 Å². The number of hydrogen-bond donors (Lipinski definition) is 2. The third kappa shape index (κ3) is 4.44. The molecule has 1 aromatic heterocycles. The summed E-state index contributed by atoms with van der Waals surface area (Å²) in [6.07, 6.45) is 1.41. The van der Waals surface area contributed by atoms with E-state index in [1.54, 1.807) is 50.5 Å². The molecule has 0 atom stereocenters. The zero-order valence-corrected chi connectivity index (χ0v) is 12.8. The SMILES string of the molecule is CN(C)C(=O)CNC(=O)c1ccc(NC(=O)c2ccco2)cc1. The summed E-state index contributed by atoms with van der Waals surface area (Å²) in [5.74, 6) is -0.720. The van der Waals surface area contributed by atoms with Crippen molar-refractivity contribution in [2.45, 2.75) is 0 Å². The lowest BCUT2D eigenvalue weighted by Gasteiger charge is -2.11. The van der Waals surface area contributed by atoms with E-state index in [1.165, 1.54) is 11.2 Å². The van der Waals surface area contributed by atoms with Gasteiger partial charge in [0.2, 0.25) is 5.91 Å². The lowest BCUT2D eigenvalue weighted by Crippen LogP contribution is -2.36. The van der Waals surface area contributed by atoms with Crippen LogP contribution in [0.1, 0.15) is 20.9 Å². The number of rotatable bonds is 5. The molecule has 0 saturated carbocycles. The molecule has 0 aliphatic carbocycles. The van der Waals surface area contributed by atoms with E-state index in [2.05, 4.69) is 10.6 Å². The fourth-order valence-electron chi connectivity index (χ4n) is 1.72. The van der Waals surface area contributed by atoms with Gasteiger partial charge in [0.1, 0.15) is 0 Å². The number of likely N-dealkylation sites (N-methyl/N-ethyl adjacent to an activating group) is 1. The fraction of sp³-hybridized carbons (Fsp3) is 0.188. The minimum absolute atomic E-state index is 0.0667. The molecule has 2 rings (SSSR count). The highest BCUT2D eigenvalue weighted by molar-refractivity contribution is 6.02. The summed E-state index contributed by atoms with van der Waals surface area (Å²) >= 11 is 0. The quantitative estimate of drug-likeness (QED) is 0.871. The molecule has 1 heterocycles. The Labute approximate surface area is 133 Å². The smallest absolute Gasteiger partial charge is 0.291 e. The normalized spacial score (nSPS) is 10.0. The fourth-order valence-corrected chi connectivity index (χ4v) is 1.72. The molecule has 0 aliphatic heterocycles. The van der Waals surface area contributed by atoms with E-state index in [0.717, 1.165) is 0 Å². The molecule has 2 N–H and O–H groups in total. The van der Waals surface area contributed by atoms with Crippen molar-refractivity contribution >= 4 is 23.4 Å². The molecule has 3 amide bonds. The molecule has 23 heavy (non-hydrogen) atoms. The third-order valence-electron chi connectivity index (χ3n) is 3.05. The van der Waals surface area contributed by atoms with Crippen LogP contribution in [0.2, 0.25) is 0 Å². The van der Waals surface area contributed by atoms with E-state index >= 15 is 0 Å². The summed E-state index contributed by atoms with van der Waals surface area (Å²) in [6.45, 7) is -0.0667. The molecule has 0 bridgehead atoms. The Kier molecular flexibility index (Phi) is 5.14. The van der Waals surface area contributed by atoms with Gasteiger partial charge in [-0.2, -0.15) is 0 Å². The maximum Gasteiger partial charge on any atom is 0.291 e. The molecule has 2 aromatic rings. The van der Waals surface area contributed by atoms with Gasteiger partial charge in [-0.05, 0) is 36.4 Å². The summed E-state index contributed by atoms with van der Waals surface area (Å²) in [5.41, 5.74) is 0.930. The Morgan fingerprint density at radius 1 is 1.04 bits per heavy atom. The molecule has 7 nitrogen and oxygen atoms in total. The van der Waals surface area contributed by atoms with Gasteiger partial charge in [0.25, 0.3) is 11.8 Å². The largest absolute Gasteiger partial charge is 0.459 e. The molecule has 0 radical (unpaired) electrons. The van der Waals surface area contributed by atoms with E-state index in [-0.39, 0.29) is 30.0 Å². The predicted molar refractivity (Wildman–Crippen MR) is 84.1 cm³/mol. The molecular weight excluding hydrogens is 298 g/mol. The van der Waals surface area contributed by atoms with Crippen molar-refractivity contribution in [3.05, 3.63) is 54.0 Å². The molecule has 0 unspecified atom stereocenters. The van der Waals surface area contributed by atoms with Crippen LogP contribution in [0.3, 0.4) is 0 Å². The molecule has 120 valence electrons. The Hall–Kier alpha value is -3.09. The maximum absolute atomic E-state index is 11.9. The van der Waals surface area contributed by atoms with Crippen LogP contribution in [0.5, 0.6) is 0 Å². The van der Waals surface area contributed by atoms with Crippen molar-refractivity contribution in [2.24, 2.45) is 0 Å². The second kappa shape index (κ2) is 7.26. The van der Waals surface area contributed by atoms with Crippen LogP contribution >= 0.6 is 0 Å². The van der Waals surface area contributed by atoms with Crippen LogP contribution in [0.4, 0.5) is 5.69 Å². The first kappa shape index (κ1) is 16.3. The highest BCUT2D eigenvalue weighted by Gasteiger charge is 2.11. The van der Waals surface area contributed by atoms with Crippen LogP contribution in [0.25, 0.3) is 0 Å². The lowest BCUT2D eigenvalue weighted by molar-refractivity contribution is -0.127. The number of carbonyl (C=O) groups excluding carboxylic acids is 3. The van der Waals surface area contributed by atoms with Crippen LogP contribution in [0.15, 0.2) is 47.1 Å². The average molecular weight is 315 g/mol. The first-order chi connectivity index (χ1) is 11.0. The molecule has 0 fully saturated rings. The molecule has 0 aliphatic rings. The number of anilines is 1. The van der Waals surface area contributed by atoms with Gasteiger partial charge in [0.05, 0.1) is 12.8 Å². The zero-order valence-electron chi connectivity index (χ0n) is 12.8. The minimum atomic E-state index is -0.371. The van der Waals surface area contributed by atoms with E-state index in [4.69, 9.17) is 4.42 Å². The van der Waals surface area contributed by atoms with Gasteiger partial charge in [0, 0.05) is 25.3 Å². The van der Waals surface area contributed by atoms with Crippen molar-refractivity contribution in [2.75, 3.05) is 26.0 Å². The van der Waals surface area contributed by atoms with E-state index in [9.17, 15) is 14.4 Å². The summed E-state index contributed by atoms with van der Waals surface area (Å²) < 4.78 is 4.99. The van der Waals surface area contributed by atoms with Crippen LogP contribution < -0.4 is 10.6 Å². The van der Waals surface area contributed by atoms with Gasteiger partial charge < -0.3 is 20.0 Å². The van der Waals surface area contributed by atoms with E-state index < -0.39 is 0 Å². The van der Waals surface area contributed by atoms with Gasteiger partial charge >= 0.3 is 0 Å². The van der Waals surface area contributed by atoms with E-state index in [1.807, 2.05) is 0 Å². The topological polar surface area (TPSA) is 91.7 Å². The van der Waals surface area contributed by atoms with Gasteiger partial charge in [-0.1, -0.05) is 0 Å². The van der Waals surface area contributed by atoms with Crippen LogP contribution in [-0.2, 0) is 4.79 Å². The van der Waals surface area contributed by atoms with Crippen molar-refractivity contribution in [1.29, 1.82) is 0 Å². The summed E-state index contributed by atoms with van der Waals surface area (Å²) in [7, 11) is 3.23. The molecule has 1 aromatic carbocycles. The number of hydrogen-bond acceptors (Lipinski definition) is 4. The highest BCUT2D eigenvalue weighted by Crippen LogP contribution is 2.11. The molecular formula is C16H17N3O4. The van der Waals surface area contributed by atoms with Gasteiger partial charge in [-0.3, -0.25) is 14.4 Å². The monoisotopic (exact) mass is 315 g/mol. The summed E-state index contributed by atoms with van der Waals surface area (Å²) in [4.78, 5) is 36.5. The number of amides is 3. The summed E-state index contributed by atoms with van der Waals surface area (Å²) in [5, 5.41) is 5.18. The Bertz CT molecular complexity index is 691. The molecule has 7 heteroatoms. The van der Waals surface area contributed by atoms with E-state index in [0.29, 0.717) is 11.3 Å². The Balaban J connectivity index is 1.92. The second-order valence-electron chi connectivity index (χ2n) is 4.98. The average Bonchev–Trinajstić information content (AvgIpc) is 3.07. The van der Waals surface area contributed by atoms with Gasteiger partial charge in [0.15, 0.2) is 5.76 Å². The van der Waals surface area contributed by atoms with Crippen molar-refractivity contribution in [3.8, 4) is 0 Å². The van der Waals surface area contributed by atoms with Crippen molar-refractivity contribution < 1.29 is 18.8 Å². The van der Waals surface area contributed by atoms with Crippen molar-refractivity contribution in [3.63, 3.8) is 0 Å². The number of carbonyl (C=O) groups is 3. The first-order valence-corrected chi connectivity index (χ1v) is 6.90. The lowest BCUT2D eigenvalue weighted by atomic mass is 10.2. The standard InChI is InChI=1S/C16H17N3O4/c1-19(2)14(20)10-17-15(21)11-5-7-12(8-6-11)18-16(22)13-4-3-9-23-13/h3-9H,10H2,1-2H3,(H,17,21)(H,18,22). The van der Waals surface area contributed by atoms with Gasteiger partial charge in [-0.15, -0.1) is 0 Å². The molecule has 0 spiro atoms. The van der Waals surface area contributed by atoms with Gasteiger partial charge in [-0.25, -0.2) is 0 Å². The number of furan rings is 1. The maximum atomic E-state index is 11.9. The predicted octanol–water partition coefficient (Wildman–Crippen LogP) is 1.35. The number of nitrogens with zero attached hydrogens (tertiary/aromatic N) is 1. The highest BCUT2D eigenvalue weighted by atomic mass is 16.3. The minimum Gasteiger partial charge on any atom is -0.459 e. The molecule has 0 saturated heterocycles. The van der Waals surface area contributed by atoms with Crippen LogP contribution in [0, 0.1) is 0 Å². The Morgan fingerprint density at radius 3 is 2.30 bits per heavy atom.